The number of hydrogen-bond acceptors (Lipinski definition) is 2. The molecule has 0 amide bonds. The number of hydrogen-bond donors (Lipinski definition) is 1. The minimum absolute atomic E-state index is 0.489. The summed E-state index contributed by atoms with van der Waals surface area (Å²) in [5.41, 5.74) is 1.56. The maximum atomic E-state index is 9.12. The topological polar surface area (TPSA) is 35.8 Å². The smallest absolute Gasteiger partial charge is 0.101 e. The number of benzene rings is 1. The zero-order valence-corrected chi connectivity index (χ0v) is 11.5. The zero-order valence-electron chi connectivity index (χ0n) is 10.7. The molecule has 0 radical (unpaired) electrons. The summed E-state index contributed by atoms with van der Waals surface area (Å²) in [5.74, 6) is 0.831. The molecule has 0 aliphatic heterocycles. The second-order valence-corrected chi connectivity index (χ2v) is 5.69. The quantitative estimate of drug-likeness (QED) is 0.791. The van der Waals surface area contributed by atoms with Crippen molar-refractivity contribution in [2.75, 3.05) is 5.32 Å². The van der Waals surface area contributed by atoms with Crippen LogP contribution < -0.4 is 5.32 Å². The van der Waals surface area contributed by atoms with Crippen LogP contribution in [-0.4, -0.2) is 6.04 Å². The molecule has 2 nitrogen and oxygen atoms in total. The Labute approximate surface area is 114 Å². The largest absolute Gasteiger partial charge is 0.381 e. The van der Waals surface area contributed by atoms with Crippen LogP contribution in [0.3, 0.4) is 0 Å². The number of rotatable bonds is 2. The molecule has 0 aromatic heterocycles. The first-order valence-corrected chi connectivity index (χ1v) is 7.03. The lowest BCUT2D eigenvalue weighted by molar-refractivity contribution is 0.502. The second-order valence-electron chi connectivity index (χ2n) is 5.26. The highest BCUT2D eigenvalue weighted by Crippen LogP contribution is 2.27. The van der Waals surface area contributed by atoms with Gasteiger partial charge in [0.05, 0.1) is 11.3 Å². The van der Waals surface area contributed by atoms with Crippen molar-refractivity contribution in [1.82, 2.24) is 0 Å². The van der Waals surface area contributed by atoms with E-state index in [1.165, 1.54) is 32.1 Å². The Bertz CT molecular complexity index is 450. The normalized spacial score (nSPS) is 24.1. The molecule has 18 heavy (non-hydrogen) atoms. The molecule has 0 heterocycles. The molecule has 0 bridgehead atoms. The maximum absolute atomic E-state index is 9.12. The number of nitriles is 1. The van der Waals surface area contributed by atoms with Gasteiger partial charge < -0.3 is 5.32 Å². The molecule has 2 unspecified atom stereocenters. The van der Waals surface area contributed by atoms with Crippen LogP contribution in [-0.2, 0) is 0 Å². The second kappa shape index (κ2) is 6.11. The van der Waals surface area contributed by atoms with E-state index in [1.54, 1.807) is 6.07 Å². The van der Waals surface area contributed by atoms with Crippen molar-refractivity contribution < 1.29 is 0 Å². The molecule has 2 rings (SSSR count). The van der Waals surface area contributed by atoms with Crippen molar-refractivity contribution in [3.05, 3.63) is 28.8 Å². The van der Waals surface area contributed by atoms with Crippen LogP contribution in [0.15, 0.2) is 18.2 Å². The van der Waals surface area contributed by atoms with Crippen molar-refractivity contribution in [2.45, 2.75) is 45.1 Å². The van der Waals surface area contributed by atoms with E-state index in [9.17, 15) is 0 Å². The van der Waals surface area contributed by atoms with Gasteiger partial charge in [0.25, 0.3) is 0 Å². The molecular weight excluding hydrogens is 244 g/mol. The average molecular weight is 263 g/mol. The summed E-state index contributed by atoms with van der Waals surface area (Å²) in [6.07, 6.45) is 6.25. The van der Waals surface area contributed by atoms with Gasteiger partial charge in [-0.3, -0.25) is 0 Å². The minimum atomic E-state index is 0.489. The summed E-state index contributed by atoms with van der Waals surface area (Å²) in [6, 6.07) is 8.17. The first-order valence-electron chi connectivity index (χ1n) is 6.65. The Kier molecular flexibility index (Phi) is 4.49. The van der Waals surface area contributed by atoms with E-state index in [4.69, 9.17) is 16.9 Å². The van der Waals surface area contributed by atoms with Gasteiger partial charge in [-0.1, -0.05) is 31.4 Å². The van der Waals surface area contributed by atoms with Crippen molar-refractivity contribution in [2.24, 2.45) is 5.92 Å². The van der Waals surface area contributed by atoms with E-state index >= 15 is 0 Å². The number of nitrogens with one attached hydrogen (secondary N) is 1. The summed E-state index contributed by atoms with van der Waals surface area (Å²) in [6.45, 7) is 2.32. The number of anilines is 1. The Morgan fingerprint density at radius 3 is 2.89 bits per heavy atom. The van der Waals surface area contributed by atoms with Crippen LogP contribution in [0.1, 0.15) is 44.6 Å². The Hall–Kier alpha value is -1.20. The van der Waals surface area contributed by atoms with Crippen LogP contribution in [0.25, 0.3) is 0 Å². The van der Waals surface area contributed by atoms with Crippen LogP contribution in [0.4, 0.5) is 5.69 Å². The Morgan fingerprint density at radius 1 is 1.28 bits per heavy atom. The third-order valence-electron chi connectivity index (χ3n) is 3.72. The molecule has 0 spiro atoms. The van der Waals surface area contributed by atoms with E-state index < -0.39 is 0 Å². The highest BCUT2D eigenvalue weighted by Gasteiger charge is 2.16. The van der Waals surface area contributed by atoms with E-state index in [1.807, 2.05) is 12.1 Å². The molecule has 1 aromatic carbocycles. The number of halogens is 1. The summed E-state index contributed by atoms with van der Waals surface area (Å²) < 4.78 is 0. The fraction of sp³-hybridized carbons (Fsp3) is 0.533. The third-order valence-corrected chi connectivity index (χ3v) is 3.95. The first-order chi connectivity index (χ1) is 8.69. The SMILES string of the molecule is CC1CCCC(Nc2ccc(Cl)cc2C#N)CC1. The van der Waals surface area contributed by atoms with Crippen molar-refractivity contribution >= 4 is 17.3 Å². The fourth-order valence-electron chi connectivity index (χ4n) is 2.59. The monoisotopic (exact) mass is 262 g/mol. The van der Waals surface area contributed by atoms with Gasteiger partial charge in [-0.25, -0.2) is 0 Å². The first kappa shape index (κ1) is 13.2. The van der Waals surface area contributed by atoms with Gasteiger partial charge in [-0.05, 0) is 43.4 Å². The van der Waals surface area contributed by atoms with Crippen molar-refractivity contribution in [3.63, 3.8) is 0 Å². The van der Waals surface area contributed by atoms with E-state index in [0.29, 0.717) is 16.6 Å². The van der Waals surface area contributed by atoms with Crippen LogP contribution in [0.5, 0.6) is 0 Å². The predicted octanol–water partition coefficient (Wildman–Crippen LogP) is 4.59. The van der Waals surface area contributed by atoms with Crippen molar-refractivity contribution in [1.29, 1.82) is 5.26 Å². The Balaban J connectivity index is 2.07. The lowest BCUT2D eigenvalue weighted by atomic mass is 10.0. The summed E-state index contributed by atoms with van der Waals surface area (Å²) in [7, 11) is 0. The zero-order chi connectivity index (χ0) is 13.0. The predicted molar refractivity (Wildman–Crippen MR) is 75.8 cm³/mol. The van der Waals surface area contributed by atoms with E-state index in [0.717, 1.165) is 11.6 Å². The molecule has 1 aliphatic carbocycles. The molecule has 1 saturated carbocycles. The van der Waals surface area contributed by atoms with Gasteiger partial charge in [0.2, 0.25) is 0 Å². The summed E-state index contributed by atoms with van der Waals surface area (Å²) in [4.78, 5) is 0. The third kappa shape index (κ3) is 3.40. The standard InChI is InChI=1S/C15H19ClN2/c1-11-3-2-4-14(7-5-11)18-15-8-6-13(16)9-12(15)10-17/h6,8-9,11,14,18H,2-5,7H2,1H3. The van der Waals surface area contributed by atoms with Crippen LogP contribution in [0.2, 0.25) is 5.02 Å². The van der Waals surface area contributed by atoms with E-state index in [-0.39, 0.29) is 0 Å². The van der Waals surface area contributed by atoms with E-state index in [2.05, 4.69) is 18.3 Å². The summed E-state index contributed by atoms with van der Waals surface area (Å²) >= 11 is 5.90. The van der Waals surface area contributed by atoms with Crippen LogP contribution >= 0.6 is 11.6 Å². The lowest BCUT2D eigenvalue weighted by Crippen LogP contribution is -2.19. The van der Waals surface area contributed by atoms with Gasteiger partial charge in [-0.15, -0.1) is 0 Å². The van der Waals surface area contributed by atoms with Gasteiger partial charge in [0.1, 0.15) is 6.07 Å². The van der Waals surface area contributed by atoms with Gasteiger partial charge in [0.15, 0.2) is 0 Å². The highest BCUT2D eigenvalue weighted by molar-refractivity contribution is 6.30. The molecule has 1 aliphatic rings. The molecule has 3 heteroatoms. The molecular formula is C15H19ClN2. The lowest BCUT2D eigenvalue weighted by Gasteiger charge is -2.18. The fourth-order valence-corrected chi connectivity index (χ4v) is 2.76. The van der Waals surface area contributed by atoms with Gasteiger partial charge in [-0.2, -0.15) is 5.26 Å². The van der Waals surface area contributed by atoms with Crippen molar-refractivity contribution in [3.8, 4) is 6.07 Å². The maximum Gasteiger partial charge on any atom is 0.101 e. The molecule has 1 fully saturated rings. The molecule has 1 aromatic rings. The molecule has 2 atom stereocenters. The van der Waals surface area contributed by atoms with Crippen LogP contribution in [0, 0.1) is 17.2 Å². The van der Waals surface area contributed by atoms with Gasteiger partial charge in [0, 0.05) is 11.1 Å². The summed E-state index contributed by atoms with van der Waals surface area (Å²) in [5, 5.41) is 13.2. The highest BCUT2D eigenvalue weighted by atomic mass is 35.5. The molecule has 1 N–H and O–H groups in total. The molecule has 96 valence electrons. The average Bonchev–Trinajstić information content (AvgIpc) is 2.56. The minimum Gasteiger partial charge on any atom is -0.381 e. The van der Waals surface area contributed by atoms with Gasteiger partial charge >= 0.3 is 0 Å². The Morgan fingerprint density at radius 2 is 2.11 bits per heavy atom. The number of nitrogens with zero attached hydrogens (tertiary/aromatic N) is 1. The molecule has 0 saturated heterocycles.